The summed E-state index contributed by atoms with van der Waals surface area (Å²) in [6.07, 6.45) is 5.15. The van der Waals surface area contributed by atoms with Crippen molar-refractivity contribution in [3.8, 4) is 5.75 Å². The molecule has 1 aliphatic rings. The van der Waals surface area contributed by atoms with Gasteiger partial charge >= 0.3 is 0 Å². The topological polar surface area (TPSA) is 71.2 Å². The molecule has 5 heteroatoms. The Kier molecular flexibility index (Phi) is 4.50. The van der Waals surface area contributed by atoms with Gasteiger partial charge in [-0.1, -0.05) is 17.3 Å². The van der Waals surface area contributed by atoms with Gasteiger partial charge in [0.15, 0.2) is 5.82 Å². The lowest BCUT2D eigenvalue weighted by Gasteiger charge is -2.21. The number of nitrogens with one attached hydrogen (secondary N) is 1. The van der Waals surface area contributed by atoms with E-state index in [4.69, 9.17) is 4.52 Å². The Bertz CT molecular complexity index is 559. The van der Waals surface area contributed by atoms with Crippen LogP contribution in [0.1, 0.15) is 36.5 Å². The molecule has 5 nitrogen and oxygen atoms in total. The molecule has 112 valence electrons. The minimum Gasteiger partial charge on any atom is -0.508 e. The maximum Gasteiger partial charge on any atom is 0.226 e. The molecule has 1 saturated heterocycles. The van der Waals surface area contributed by atoms with Crippen LogP contribution in [-0.4, -0.2) is 28.3 Å². The van der Waals surface area contributed by atoms with Gasteiger partial charge in [0, 0.05) is 12.8 Å². The van der Waals surface area contributed by atoms with Crippen molar-refractivity contribution in [3.63, 3.8) is 0 Å². The molecule has 1 unspecified atom stereocenters. The highest BCUT2D eigenvalue weighted by molar-refractivity contribution is 5.27. The number of hydrogen-bond donors (Lipinski definition) is 2. The molecule has 0 bridgehead atoms. The summed E-state index contributed by atoms with van der Waals surface area (Å²) in [6, 6.07) is 7.09. The van der Waals surface area contributed by atoms with Crippen molar-refractivity contribution in [2.24, 2.45) is 5.92 Å². The fraction of sp³-hybridized carbons (Fsp3) is 0.500. The standard InChI is InChI=1S/C16H21N3O2/c20-14-6-3-12(4-7-14)10-15-18-16(21-19-15)8-5-13-2-1-9-17-11-13/h3-4,6-7,13,17,20H,1-2,5,8-11H2. The quantitative estimate of drug-likeness (QED) is 0.883. The van der Waals surface area contributed by atoms with Gasteiger partial charge in [-0.3, -0.25) is 0 Å². The second-order valence-electron chi connectivity index (χ2n) is 5.70. The Balaban J connectivity index is 1.52. The van der Waals surface area contributed by atoms with Crippen molar-refractivity contribution >= 4 is 0 Å². The van der Waals surface area contributed by atoms with E-state index in [2.05, 4.69) is 15.5 Å². The summed E-state index contributed by atoms with van der Waals surface area (Å²) in [4.78, 5) is 4.45. The first-order valence-electron chi connectivity index (χ1n) is 7.60. The number of aromatic hydroxyl groups is 1. The van der Waals surface area contributed by atoms with Crippen LogP contribution in [-0.2, 0) is 12.8 Å². The van der Waals surface area contributed by atoms with Crippen molar-refractivity contribution in [1.29, 1.82) is 0 Å². The zero-order chi connectivity index (χ0) is 14.5. The highest BCUT2D eigenvalue weighted by Crippen LogP contribution is 2.17. The molecule has 1 atom stereocenters. The molecule has 0 amide bonds. The average molecular weight is 287 g/mol. The molecule has 1 aliphatic heterocycles. The number of piperidine rings is 1. The second-order valence-corrected chi connectivity index (χ2v) is 5.70. The number of hydrogen-bond acceptors (Lipinski definition) is 5. The smallest absolute Gasteiger partial charge is 0.226 e. The molecule has 1 aromatic heterocycles. The predicted molar refractivity (Wildman–Crippen MR) is 79.1 cm³/mol. The lowest BCUT2D eigenvalue weighted by atomic mass is 9.95. The van der Waals surface area contributed by atoms with Crippen LogP contribution in [0, 0.1) is 5.92 Å². The lowest BCUT2D eigenvalue weighted by molar-refractivity contribution is 0.326. The van der Waals surface area contributed by atoms with E-state index >= 15 is 0 Å². The van der Waals surface area contributed by atoms with E-state index in [1.54, 1.807) is 12.1 Å². The SMILES string of the molecule is Oc1ccc(Cc2noc(CCC3CCCNC3)n2)cc1. The summed E-state index contributed by atoms with van der Waals surface area (Å²) < 4.78 is 5.32. The molecule has 0 saturated carbocycles. The Labute approximate surface area is 124 Å². The van der Waals surface area contributed by atoms with Crippen molar-refractivity contribution in [1.82, 2.24) is 15.5 Å². The second kappa shape index (κ2) is 6.72. The van der Waals surface area contributed by atoms with E-state index in [1.807, 2.05) is 12.1 Å². The van der Waals surface area contributed by atoms with E-state index in [0.29, 0.717) is 12.2 Å². The summed E-state index contributed by atoms with van der Waals surface area (Å²) in [5.41, 5.74) is 1.07. The first-order valence-corrected chi connectivity index (χ1v) is 7.60. The number of phenolic OH excluding ortho intramolecular Hbond substituents is 1. The monoisotopic (exact) mass is 287 g/mol. The molecular weight excluding hydrogens is 266 g/mol. The van der Waals surface area contributed by atoms with E-state index in [9.17, 15) is 5.11 Å². The zero-order valence-corrected chi connectivity index (χ0v) is 12.1. The molecule has 0 radical (unpaired) electrons. The summed E-state index contributed by atoms with van der Waals surface area (Å²) in [5.74, 6) is 2.44. The van der Waals surface area contributed by atoms with Crippen molar-refractivity contribution in [2.75, 3.05) is 13.1 Å². The van der Waals surface area contributed by atoms with Crippen molar-refractivity contribution in [2.45, 2.75) is 32.1 Å². The number of aryl methyl sites for hydroxylation is 1. The largest absolute Gasteiger partial charge is 0.508 e. The number of benzene rings is 1. The van der Waals surface area contributed by atoms with Crippen LogP contribution >= 0.6 is 0 Å². The van der Waals surface area contributed by atoms with Crippen molar-refractivity contribution < 1.29 is 9.63 Å². The maximum absolute atomic E-state index is 9.27. The minimum absolute atomic E-state index is 0.272. The van der Waals surface area contributed by atoms with Gasteiger partial charge in [0.1, 0.15) is 5.75 Å². The number of rotatable bonds is 5. The van der Waals surface area contributed by atoms with Crippen LogP contribution in [0.25, 0.3) is 0 Å². The first-order chi connectivity index (χ1) is 10.3. The Morgan fingerprint density at radius 1 is 1.29 bits per heavy atom. The van der Waals surface area contributed by atoms with Crippen LogP contribution in [0.3, 0.4) is 0 Å². The first kappa shape index (κ1) is 14.1. The lowest BCUT2D eigenvalue weighted by Crippen LogP contribution is -2.29. The normalized spacial score (nSPS) is 18.8. The van der Waals surface area contributed by atoms with Gasteiger partial charge in [0.2, 0.25) is 5.89 Å². The summed E-state index contributed by atoms with van der Waals surface area (Å²) >= 11 is 0. The van der Waals surface area contributed by atoms with E-state index in [-0.39, 0.29) is 5.75 Å². The molecule has 21 heavy (non-hydrogen) atoms. The molecular formula is C16H21N3O2. The van der Waals surface area contributed by atoms with Gasteiger partial charge in [-0.05, 0) is 56.0 Å². The van der Waals surface area contributed by atoms with Crippen LogP contribution in [0.15, 0.2) is 28.8 Å². The Hall–Kier alpha value is -1.88. The van der Waals surface area contributed by atoms with Gasteiger partial charge in [0.25, 0.3) is 0 Å². The van der Waals surface area contributed by atoms with Gasteiger partial charge in [-0.25, -0.2) is 0 Å². The fourth-order valence-corrected chi connectivity index (χ4v) is 2.76. The van der Waals surface area contributed by atoms with Gasteiger partial charge < -0.3 is 14.9 Å². The minimum atomic E-state index is 0.272. The number of aromatic nitrogens is 2. The van der Waals surface area contributed by atoms with Crippen LogP contribution in [0.2, 0.25) is 0 Å². The van der Waals surface area contributed by atoms with E-state index in [0.717, 1.165) is 43.3 Å². The fourth-order valence-electron chi connectivity index (χ4n) is 2.76. The predicted octanol–water partition coefficient (Wildman–Crippen LogP) is 2.30. The van der Waals surface area contributed by atoms with Crippen molar-refractivity contribution in [3.05, 3.63) is 41.5 Å². The van der Waals surface area contributed by atoms with E-state index in [1.165, 1.54) is 12.8 Å². The zero-order valence-electron chi connectivity index (χ0n) is 12.1. The summed E-state index contributed by atoms with van der Waals surface area (Å²) in [6.45, 7) is 2.25. The highest BCUT2D eigenvalue weighted by Gasteiger charge is 2.15. The van der Waals surface area contributed by atoms with Gasteiger partial charge in [-0.2, -0.15) is 4.98 Å². The van der Waals surface area contributed by atoms with Crippen LogP contribution < -0.4 is 5.32 Å². The van der Waals surface area contributed by atoms with Gasteiger partial charge in [0.05, 0.1) is 0 Å². The molecule has 3 rings (SSSR count). The third-order valence-corrected chi connectivity index (χ3v) is 3.97. The van der Waals surface area contributed by atoms with Crippen LogP contribution in [0.5, 0.6) is 5.75 Å². The van der Waals surface area contributed by atoms with E-state index < -0.39 is 0 Å². The molecule has 0 spiro atoms. The molecule has 1 fully saturated rings. The summed E-state index contributed by atoms with van der Waals surface area (Å²) in [5, 5.41) is 16.7. The third-order valence-electron chi connectivity index (χ3n) is 3.97. The third kappa shape index (κ3) is 4.04. The average Bonchev–Trinajstić information content (AvgIpc) is 2.96. The molecule has 0 aliphatic carbocycles. The maximum atomic E-state index is 9.27. The molecule has 1 aromatic carbocycles. The Morgan fingerprint density at radius 3 is 2.90 bits per heavy atom. The summed E-state index contributed by atoms with van der Waals surface area (Å²) in [7, 11) is 0. The Morgan fingerprint density at radius 2 is 2.14 bits per heavy atom. The van der Waals surface area contributed by atoms with Crippen LogP contribution in [0.4, 0.5) is 0 Å². The molecule has 2 N–H and O–H groups in total. The molecule has 2 heterocycles. The molecule has 2 aromatic rings. The highest BCUT2D eigenvalue weighted by atomic mass is 16.5. The van der Waals surface area contributed by atoms with Gasteiger partial charge in [-0.15, -0.1) is 0 Å². The number of nitrogens with zero attached hydrogens (tertiary/aromatic N) is 2. The number of phenols is 1.